The lowest BCUT2D eigenvalue weighted by Gasteiger charge is -2.12. The number of carbonyl (C=O) groups is 1. The van der Waals surface area contributed by atoms with E-state index in [0.29, 0.717) is 21.6 Å². The zero-order valence-electron chi connectivity index (χ0n) is 11.6. The van der Waals surface area contributed by atoms with Gasteiger partial charge in [0.05, 0.1) is 11.2 Å². The van der Waals surface area contributed by atoms with Crippen LogP contribution >= 0.6 is 23.2 Å². The van der Waals surface area contributed by atoms with E-state index >= 15 is 0 Å². The van der Waals surface area contributed by atoms with E-state index in [2.05, 4.69) is 10.4 Å². The molecule has 1 aromatic heterocycles. The Morgan fingerprint density at radius 1 is 1.38 bits per heavy atom. The van der Waals surface area contributed by atoms with E-state index in [4.69, 9.17) is 27.9 Å². The van der Waals surface area contributed by atoms with Crippen LogP contribution in [0.15, 0.2) is 30.5 Å². The molecule has 0 bridgehead atoms. The average Bonchev–Trinajstić information content (AvgIpc) is 2.88. The molecule has 5 nitrogen and oxygen atoms in total. The molecule has 0 fully saturated rings. The number of carbonyl (C=O) groups excluding carboxylic acids is 1. The summed E-state index contributed by atoms with van der Waals surface area (Å²) >= 11 is 11.8. The molecule has 0 atom stereocenters. The SMILES string of the molecule is CC(C)n1nccc1NC(=O)COc1cc(Cl)ccc1Cl. The third kappa shape index (κ3) is 4.12. The van der Waals surface area contributed by atoms with Crippen LogP contribution in [-0.2, 0) is 4.79 Å². The monoisotopic (exact) mass is 327 g/mol. The summed E-state index contributed by atoms with van der Waals surface area (Å²) in [5.74, 6) is 0.695. The molecule has 0 unspecified atom stereocenters. The van der Waals surface area contributed by atoms with Crippen LogP contribution in [0.3, 0.4) is 0 Å². The number of hydrogen-bond donors (Lipinski definition) is 1. The topological polar surface area (TPSA) is 56.2 Å². The molecular formula is C14H15Cl2N3O2. The van der Waals surface area contributed by atoms with Gasteiger partial charge in [0.2, 0.25) is 0 Å². The van der Waals surface area contributed by atoms with Crippen molar-refractivity contribution in [1.29, 1.82) is 0 Å². The van der Waals surface area contributed by atoms with Crippen LogP contribution in [0.5, 0.6) is 5.75 Å². The summed E-state index contributed by atoms with van der Waals surface area (Å²) in [5, 5.41) is 7.77. The van der Waals surface area contributed by atoms with Crippen molar-refractivity contribution in [3.63, 3.8) is 0 Å². The molecule has 0 saturated carbocycles. The number of nitrogens with one attached hydrogen (secondary N) is 1. The summed E-state index contributed by atoms with van der Waals surface area (Å²) in [6, 6.07) is 6.71. The third-order valence-corrected chi connectivity index (χ3v) is 3.23. The van der Waals surface area contributed by atoms with Crippen molar-refractivity contribution in [3.05, 3.63) is 40.5 Å². The number of aromatic nitrogens is 2. The largest absolute Gasteiger partial charge is 0.482 e. The highest BCUT2D eigenvalue weighted by Crippen LogP contribution is 2.27. The van der Waals surface area contributed by atoms with Gasteiger partial charge in [0.1, 0.15) is 11.6 Å². The molecule has 1 amide bonds. The number of rotatable bonds is 5. The van der Waals surface area contributed by atoms with Crippen LogP contribution in [0.1, 0.15) is 19.9 Å². The average molecular weight is 328 g/mol. The highest BCUT2D eigenvalue weighted by Gasteiger charge is 2.11. The van der Waals surface area contributed by atoms with E-state index in [1.54, 1.807) is 35.1 Å². The van der Waals surface area contributed by atoms with Gasteiger partial charge in [-0.3, -0.25) is 4.79 Å². The Balaban J connectivity index is 1.96. The predicted octanol–water partition coefficient (Wildman–Crippen LogP) is 3.79. The minimum Gasteiger partial charge on any atom is -0.482 e. The van der Waals surface area contributed by atoms with Crippen LogP contribution in [0.25, 0.3) is 0 Å². The third-order valence-electron chi connectivity index (χ3n) is 2.68. The Kier molecular flexibility index (Phi) is 5.09. The number of ether oxygens (including phenoxy) is 1. The summed E-state index contributed by atoms with van der Waals surface area (Å²) in [5.41, 5.74) is 0. The van der Waals surface area contributed by atoms with Gasteiger partial charge in [-0.2, -0.15) is 5.10 Å². The van der Waals surface area contributed by atoms with Crippen LogP contribution in [0.2, 0.25) is 10.0 Å². The number of amides is 1. The summed E-state index contributed by atoms with van der Waals surface area (Å²) in [6.45, 7) is 3.79. The maximum Gasteiger partial charge on any atom is 0.263 e. The first kappa shape index (κ1) is 15.7. The smallest absolute Gasteiger partial charge is 0.263 e. The zero-order valence-corrected chi connectivity index (χ0v) is 13.1. The van der Waals surface area contributed by atoms with Gasteiger partial charge in [-0.15, -0.1) is 0 Å². The fraction of sp³-hybridized carbons (Fsp3) is 0.286. The minimum absolute atomic E-state index is 0.151. The molecule has 0 aliphatic rings. The Bertz CT molecular complexity index is 641. The lowest BCUT2D eigenvalue weighted by atomic mass is 10.3. The van der Waals surface area contributed by atoms with E-state index in [1.165, 1.54) is 0 Å². The van der Waals surface area contributed by atoms with Crippen LogP contribution in [0.4, 0.5) is 5.82 Å². The Labute approximate surface area is 132 Å². The summed E-state index contributed by atoms with van der Waals surface area (Å²) in [6.07, 6.45) is 1.63. The van der Waals surface area contributed by atoms with Crippen molar-refractivity contribution >= 4 is 34.9 Å². The molecule has 7 heteroatoms. The van der Waals surface area contributed by atoms with E-state index in [1.807, 2.05) is 13.8 Å². The molecule has 0 radical (unpaired) electrons. The lowest BCUT2D eigenvalue weighted by molar-refractivity contribution is -0.118. The molecule has 112 valence electrons. The normalized spacial score (nSPS) is 10.7. The zero-order chi connectivity index (χ0) is 15.4. The van der Waals surface area contributed by atoms with Crippen LogP contribution < -0.4 is 10.1 Å². The minimum atomic E-state index is -0.298. The fourth-order valence-electron chi connectivity index (χ4n) is 1.73. The summed E-state index contributed by atoms with van der Waals surface area (Å²) in [4.78, 5) is 11.9. The highest BCUT2D eigenvalue weighted by molar-refractivity contribution is 6.34. The first-order chi connectivity index (χ1) is 9.97. The Morgan fingerprint density at radius 2 is 2.14 bits per heavy atom. The summed E-state index contributed by atoms with van der Waals surface area (Å²) in [7, 11) is 0. The van der Waals surface area contributed by atoms with Crippen LogP contribution in [-0.4, -0.2) is 22.3 Å². The molecule has 0 saturated heterocycles. The molecule has 1 N–H and O–H groups in total. The van der Waals surface area contributed by atoms with E-state index in [-0.39, 0.29) is 18.6 Å². The van der Waals surface area contributed by atoms with Gasteiger partial charge in [-0.1, -0.05) is 23.2 Å². The van der Waals surface area contributed by atoms with E-state index in [9.17, 15) is 4.79 Å². The van der Waals surface area contributed by atoms with Gasteiger partial charge in [-0.25, -0.2) is 4.68 Å². The molecule has 21 heavy (non-hydrogen) atoms. The Hall–Kier alpha value is -1.72. The second-order valence-electron chi connectivity index (χ2n) is 4.67. The highest BCUT2D eigenvalue weighted by atomic mass is 35.5. The van der Waals surface area contributed by atoms with Gasteiger partial charge in [0.15, 0.2) is 6.61 Å². The van der Waals surface area contributed by atoms with Gasteiger partial charge in [-0.05, 0) is 26.0 Å². The first-order valence-electron chi connectivity index (χ1n) is 6.38. The number of halogens is 2. The standard InChI is InChI=1S/C14H15Cl2N3O2/c1-9(2)19-13(5-6-17-19)18-14(20)8-21-12-7-10(15)3-4-11(12)16/h3-7,9H,8H2,1-2H3,(H,18,20). The maximum absolute atomic E-state index is 11.9. The number of benzene rings is 1. The molecule has 2 rings (SSSR count). The van der Waals surface area contributed by atoms with E-state index in [0.717, 1.165) is 0 Å². The molecule has 0 aliphatic heterocycles. The molecule has 0 aliphatic carbocycles. The van der Waals surface area contributed by atoms with Crippen molar-refractivity contribution in [2.24, 2.45) is 0 Å². The predicted molar refractivity (Wildman–Crippen MR) is 83.2 cm³/mol. The number of hydrogen-bond acceptors (Lipinski definition) is 3. The summed E-state index contributed by atoms with van der Waals surface area (Å²) < 4.78 is 7.08. The second-order valence-corrected chi connectivity index (χ2v) is 5.51. The van der Waals surface area contributed by atoms with E-state index < -0.39 is 0 Å². The molecule has 2 aromatic rings. The van der Waals surface area contributed by atoms with Crippen LogP contribution in [0, 0.1) is 0 Å². The van der Waals surface area contributed by atoms with Gasteiger partial charge in [0, 0.05) is 23.2 Å². The molecule has 1 aromatic carbocycles. The van der Waals surface area contributed by atoms with Crippen molar-refractivity contribution in [1.82, 2.24) is 9.78 Å². The number of anilines is 1. The fourth-order valence-corrected chi connectivity index (χ4v) is 2.07. The van der Waals surface area contributed by atoms with Gasteiger partial charge >= 0.3 is 0 Å². The van der Waals surface area contributed by atoms with Crippen molar-refractivity contribution < 1.29 is 9.53 Å². The first-order valence-corrected chi connectivity index (χ1v) is 7.14. The maximum atomic E-state index is 11.9. The van der Waals surface area contributed by atoms with Gasteiger partial charge < -0.3 is 10.1 Å². The van der Waals surface area contributed by atoms with Crippen molar-refractivity contribution in [2.75, 3.05) is 11.9 Å². The van der Waals surface area contributed by atoms with Crippen molar-refractivity contribution in [3.8, 4) is 5.75 Å². The number of nitrogens with zero attached hydrogens (tertiary/aromatic N) is 2. The molecule has 0 spiro atoms. The molecule has 1 heterocycles. The van der Waals surface area contributed by atoms with Crippen molar-refractivity contribution in [2.45, 2.75) is 19.9 Å². The Morgan fingerprint density at radius 3 is 2.86 bits per heavy atom. The lowest BCUT2D eigenvalue weighted by Crippen LogP contribution is -2.22. The second kappa shape index (κ2) is 6.83. The quantitative estimate of drug-likeness (QED) is 0.908. The molecular weight excluding hydrogens is 313 g/mol. The van der Waals surface area contributed by atoms with Gasteiger partial charge in [0.25, 0.3) is 5.91 Å².